The minimum Gasteiger partial charge on any atom is -0.465 e. The number of benzene rings is 1. The van der Waals surface area contributed by atoms with Gasteiger partial charge in [0.2, 0.25) is 0 Å². The lowest BCUT2D eigenvalue weighted by Gasteiger charge is -2.07. The number of H-pyrrole nitrogens is 1. The number of rotatable bonds is 3. The summed E-state index contributed by atoms with van der Waals surface area (Å²) in [4.78, 5) is 3.26. The summed E-state index contributed by atoms with van der Waals surface area (Å²) >= 11 is 0. The molecule has 0 fully saturated rings. The molecule has 0 saturated carbocycles. The van der Waals surface area contributed by atoms with E-state index in [1.165, 1.54) is 10.9 Å². The highest BCUT2D eigenvalue weighted by atomic mass is 16.3. The van der Waals surface area contributed by atoms with Gasteiger partial charge in [-0.25, -0.2) is 0 Å². The van der Waals surface area contributed by atoms with Crippen LogP contribution in [0.4, 0.5) is 0 Å². The summed E-state index contributed by atoms with van der Waals surface area (Å²) in [6.07, 6.45) is 2.80. The Morgan fingerprint density at radius 3 is 2.83 bits per heavy atom. The van der Waals surface area contributed by atoms with Crippen LogP contribution < -0.4 is 5.73 Å². The van der Waals surface area contributed by atoms with Gasteiger partial charge in [0, 0.05) is 17.1 Å². The van der Waals surface area contributed by atoms with Gasteiger partial charge in [-0.2, -0.15) is 0 Å². The van der Waals surface area contributed by atoms with Crippen LogP contribution in [-0.4, -0.2) is 4.98 Å². The maximum Gasteiger partial charge on any atom is 0.121 e. The first-order chi connectivity index (χ1) is 8.74. The van der Waals surface area contributed by atoms with Crippen molar-refractivity contribution in [3.63, 3.8) is 0 Å². The zero-order valence-corrected chi connectivity index (χ0v) is 10.3. The van der Waals surface area contributed by atoms with Crippen LogP contribution in [0.3, 0.4) is 0 Å². The molecule has 3 nitrogen and oxygen atoms in total. The molecule has 1 atom stereocenters. The molecule has 0 saturated heterocycles. The maximum atomic E-state index is 6.18. The van der Waals surface area contributed by atoms with Gasteiger partial charge in [-0.3, -0.25) is 0 Å². The fourth-order valence-electron chi connectivity index (χ4n) is 2.29. The average Bonchev–Trinajstić information content (AvgIpc) is 2.97. The molecule has 3 aromatic rings. The largest absolute Gasteiger partial charge is 0.465 e. The average molecular weight is 240 g/mol. The summed E-state index contributed by atoms with van der Waals surface area (Å²) < 4.78 is 5.57. The van der Waals surface area contributed by atoms with Crippen molar-refractivity contribution < 1.29 is 4.42 Å². The lowest BCUT2D eigenvalue weighted by molar-refractivity contribution is 0.445. The van der Waals surface area contributed by atoms with Crippen LogP contribution in [0.15, 0.2) is 47.0 Å². The highest BCUT2D eigenvalue weighted by Gasteiger charge is 2.13. The number of furan rings is 1. The summed E-state index contributed by atoms with van der Waals surface area (Å²) in [6, 6.07) is 12.1. The van der Waals surface area contributed by atoms with Crippen LogP contribution in [0.25, 0.3) is 10.9 Å². The summed E-state index contributed by atoms with van der Waals surface area (Å²) in [5.41, 5.74) is 8.56. The monoisotopic (exact) mass is 240 g/mol. The molecule has 3 N–H and O–H groups in total. The zero-order valence-electron chi connectivity index (χ0n) is 10.3. The second kappa shape index (κ2) is 4.35. The Hall–Kier alpha value is -2.00. The summed E-state index contributed by atoms with van der Waals surface area (Å²) in [5.74, 6) is 1.75. The van der Waals surface area contributed by atoms with E-state index in [2.05, 4.69) is 17.1 Å². The molecule has 0 bridgehead atoms. The summed E-state index contributed by atoms with van der Waals surface area (Å²) in [5, 5.41) is 1.23. The Bertz CT molecular complexity index is 666. The molecule has 0 spiro atoms. The predicted octanol–water partition coefficient (Wildman–Crippen LogP) is 3.31. The van der Waals surface area contributed by atoms with E-state index in [1.54, 1.807) is 0 Å². The maximum absolute atomic E-state index is 6.18. The first-order valence-corrected chi connectivity index (χ1v) is 6.11. The molecule has 0 radical (unpaired) electrons. The highest BCUT2D eigenvalue weighted by Crippen LogP contribution is 2.24. The molecule has 3 rings (SSSR count). The quantitative estimate of drug-likeness (QED) is 0.738. The number of hydrogen-bond acceptors (Lipinski definition) is 2. The Balaban J connectivity index is 1.88. The van der Waals surface area contributed by atoms with E-state index >= 15 is 0 Å². The van der Waals surface area contributed by atoms with Crippen LogP contribution in [-0.2, 0) is 6.42 Å². The number of nitrogens with one attached hydrogen (secondary N) is 1. The van der Waals surface area contributed by atoms with Crippen molar-refractivity contribution in [2.75, 3.05) is 0 Å². The molecule has 0 aliphatic rings. The molecular formula is C15H16N2O. The van der Waals surface area contributed by atoms with E-state index in [4.69, 9.17) is 10.2 Å². The molecule has 18 heavy (non-hydrogen) atoms. The van der Waals surface area contributed by atoms with Gasteiger partial charge < -0.3 is 15.1 Å². The second-order valence-electron chi connectivity index (χ2n) is 4.62. The van der Waals surface area contributed by atoms with Gasteiger partial charge in [-0.1, -0.05) is 18.2 Å². The molecule has 1 unspecified atom stereocenters. The van der Waals surface area contributed by atoms with Crippen molar-refractivity contribution >= 4 is 10.9 Å². The number of aromatic amines is 1. The third-order valence-corrected chi connectivity index (χ3v) is 3.24. The van der Waals surface area contributed by atoms with E-state index in [0.717, 1.165) is 23.5 Å². The van der Waals surface area contributed by atoms with Crippen molar-refractivity contribution in [2.45, 2.75) is 19.4 Å². The van der Waals surface area contributed by atoms with Gasteiger partial charge in [-0.15, -0.1) is 0 Å². The molecule has 2 heterocycles. The summed E-state index contributed by atoms with van der Waals surface area (Å²) in [6.45, 7) is 1.93. The van der Waals surface area contributed by atoms with Crippen molar-refractivity contribution in [1.82, 2.24) is 4.98 Å². The van der Waals surface area contributed by atoms with Crippen LogP contribution in [0, 0.1) is 6.92 Å². The van der Waals surface area contributed by atoms with E-state index in [0.29, 0.717) is 0 Å². The molecule has 1 aromatic carbocycles. The first-order valence-electron chi connectivity index (χ1n) is 6.11. The predicted molar refractivity (Wildman–Crippen MR) is 72.4 cm³/mol. The lowest BCUT2D eigenvalue weighted by Crippen LogP contribution is -2.12. The van der Waals surface area contributed by atoms with Gasteiger partial charge in [-0.05, 0) is 37.1 Å². The van der Waals surface area contributed by atoms with Gasteiger partial charge in [0.1, 0.15) is 11.5 Å². The molecule has 2 aromatic heterocycles. The standard InChI is InChI=1S/C15H16N2O/c1-10-6-7-15(18-10)13(16)8-11-9-17-14-5-3-2-4-12(11)14/h2-7,9,13,17H,8,16H2,1H3. The molecular weight excluding hydrogens is 224 g/mol. The van der Waals surface area contributed by atoms with Crippen molar-refractivity contribution in [3.05, 3.63) is 59.7 Å². The Labute approximate surface area is 106 Å². The number of nitrogens with two attached hydrogens (primary N) is 1. The Morgan fingerprint density at radius 1 is 1.22 bits per heavy atom. The third kappa shape index (κ3) is 1.93. The van der Waals surface area contributed by atoms with Crippen molar-refractivity contribution in [2.24, 2.45) is 5.73 Å². The van der Waals surface area contributed by atoms with Crippen LogP contribution in [0.2, 0.25) is 0 Å². The van der Waals surface area contributed by atoms with Gasteiger partial charge in [0.25, 0.3) is 0 Å². The number of hydrogen-bond donors (Lipinski definition) is 2. The molecule has 0 amide bonds. The normalized spacial score (nSPS) is 13.0. The number of aryl methyl sites for hydroxylation is 1. The Morgan fingerprint density at radius 2 is 2.06 bits per heavy atom. The minimum atomic E-state index is -0.0992. The fraction of sp³-hybridized carbons (Fsp3) is 0.200. The SMILES string of the molecule is Cc1ccc(C(N)Cc2c[nH]c3ccccc23)o1. The molecule has 92 valence electrons. The van der Waals surface area contributed by atoms with Crippen molar-refractivity contribution in [3.8, 4) is 0 Å². The van der Waals surface area contributed by atoms with E-state index in [-0.39, 0.29) is 6.04 Å². The number of fused-ring (bicyclic) bond motifs is 1. The molecule has 0 aliphatic heterocycles. The fourth-order valence-corrected chi connectivity index (χ4v) is 2.29. The van der Waals surface area contributed by atoms with Crippen LogP contribution in [0.5, 0.6) is 0 Å². The lowest BCUT2D eigenvalue weighted by atomic mass is 10.0. The second-order valence-corrected chi connectivity index (χ2v) is 4.62. The first kappa shape index (κ1) is 11.1. The minimum absolute atomic E-state index is 0.0992. The van der Waals surface area contributed by atoms with E-state index in [9.17, 15) is 0 Å². The summed E-state index contributed by atoms with van der Waals surface area (Å²) in [7, 11) is 0. The Kier molecular flexibility index (Phi) is 2.68. The topological polar surface area (TPSA) is 55.0 Å². The highest BCUT2D eigenvalue weighted by molar-refractivity contribution is 5.83. The number of para-hydroxylation sites is 1. The van der Waals surface area contributed by atoms with E-state index in [1.807, 2.05) is 37.4 Å². The third-order valence-electron chi connectivity index (χ3n) is 3.24. The van der Waals surface area contributed by atoms with Crippen LogP contribution in [0.1, 0.15) is 23.1 Å². The number of aromatic nitrogens is 1. The smallest absolute Gasteiger partial charge is 0.121 e. The van der Waals surface area contributed by atoms with Gasteiger partial charge >= 0.3 is 0 Å². The van der Waals surface area contributed by atoms with Gasteiger partial charge in [0.05, 0.1) is 6.04 Å². The van der Waals surface area contributed by atoms with Gasteiger partial charge in [0.15, 0.2) is 0 Å². The molecule has 0 aliphatic carbocycles. The zero-order chi connectivity index (χ0) is 12.5. The van der Waals surface area contributed by atoms with E-state index < -0.39 is 0 Å². The molecule has 3 heteroatoms. The van der Waals surface area contributed by atoms with Crippen LogP contribution >= 0.6 is 0 Å². The van der Waals surface area contributed by atoms with Crippen molar-refractivity contribution in [1.29, 1.82) is 0 Å².